The lowest BCUT2D eigenvalue weighted by molar-refractivity contribution is -0.142. The van der Waals surface area contributed by atoms with E-state index in [2.05, 4.69) is 20.8 Å². The van der Waals surface area contributed by atoms with Gasteiger partial charge in [-0.05, 0) is 50.0 Å². The molecule has 1 aliphatic heterocycles. The summed E-state index contributed by atoms with van der Waals surface area (Å²) in [5.74, 6) is -0.716. The standard InChI is InChI=1S/C13H16BrNO2/c14-11-5-3-4-10(8-11)9-12(13(16)17)15-6-1-2-7-15/h3-5,8,12H,1-2,6-7,9H2,(H,16,17)/t12-/m0/s1. The molecule has 1 fully saturated rings. The topological polar surface area (TPSA) is 40.5 Å². The Kier molecular flexibility index (Phi) is 4.18. The van der Waals surface area contributed by atoms with E-state index in [4.69, 9.17) is 0 Å². The molecule has 3 nitrogen and oxygen atoms in total. The number of hydrogen-bond donors (Lipinski definition) is 1. The molecule has 1 saturated heterocycles. The Bertz CT molecular complexity index is 402. The number of hydrogen-bond acceptors (Lipinski definition) is 2. The van der Waals surface area contributed by atoms with Crippen molar-refractivity contribution in [1.29, 1.82) is 0 Å². The molecule has 0 spiro atoms. The van der Waals surface area contributed by atoms with Crippen LogP contribution in [0.5, 0.6) is 0 Å². The summed E-state index contributed by atoms with van der Waals surface area (Å²) < 4.78 is 1.00. The highest BCUT2D eigenvalue weighted by Crippen LogP contribution is 2.18. The van der Waals surface area contributed by atoms with Crippen LogP contribution in [0.3, 0.4) is 0 Å². The summed E-state index contributed by atoms with van der Waals surface area (Å²) in [5, 5.41) is 9.31. The lowest BCUT2D eigenvalue weighted by atomic mass is 10.1. The van der Waals surface area contributed by atoms with Crippen molar-refractivity contribution in [3.8, 4) is 0 Å². The first-order valence-corrected chi connectivity index (χ1v) is 6.67. The van der Waals surface area contributed by atoms with Gasteiger partial charge in [0.25, 0.3) is 0 Å². The van der Waals surface area contributed by atoms with Crippen molar-refractivity contribution in [1.82, 2.24) is 4.90 Å². The fourth-order valence-corrected chi connectivity index (χ4v) is 2.76. The molecule has 1 heterocycles. The van der Waals surface area contributed by atoms with Gasteiger partial charge in [0.15, 0.2) is 0 Å². The van der Waals surface area contributed by atoms with Crippen molar-refractivity contribution >= 4 is 21.9 Å². The van der Waals surface area contributed by atoms with E-state index in [0.29, 0.717) is 6.42 Å². The quantitative estimate of drug-likeness (QED) is 0.928. The Morgan fingerprint density at radius 2 is 2.12 bits per heavy atom. The van der Waals surface area contributed by atoms with Gasteiger partial charge in [-0.15, -0.1) is 0 Å². The second kappa shape index (κ2) is 5.65. The molecule has 0 saturated carbocycles. The Morgan fingerprint density at radius 1 is 1.41 bits per heavy atom. The molecule has 1 aromatic carbocycles. The summed E-state index contributed by atoms with van der Waals surface area (Å²) in [4.78, 5) is 13.4. The molecule has 1 aromatic rings. The molecule has 0 amide bonds. The van der Waals surface area contributed by atoms with E-state index in [1.54, 1.807) is 0 Å². The molecule has 0 aliphatic carbocycles. The smallest absolute Gasteiger partial charge is 0.321 e. The van der Waals surface area contributed by atoms with E-state index in [9.17, 15) is 9.90 Å². The summed E-state index contributed by atoms with van der Waals surface area (Å²) in [6, 6.07) is 7.49. The fourth-order valence-electron chi connectivity index (χ4n) is 2.31. The molecule has 2 rings (SSSR count). The van der Waals surface area contributed by atoms with Crippen molar-refractivity contribution in [3.05, 3.63) is 34.3 Å². The van der Waals surface area contributed by atoms with Crippen LogP contribution in [-0.2, 0) is 11.2 Å². The number of benzene rings is 1. The monoisotopic (exact) mass is 297 g/mol. The van der Waals surface area contributed by atoms with Crippen molar-refractivity contribution in [2.45, 2.75) is 25.3 Å². The second-order valence-electron chi connectivity index (χ2n) is 4.43. The van der Waals surface area contributed by atoms with Gasteiger partial charge in [-0.1, -0.05) is 28.1 Å². The third kappa shape index (κ3) is 3.30. The summed E-state index contributed by atoms with van der Waals surface area (Å²) in [7, 11) is 0. The molecule has 4 heteroatoms. The Morgan fingerprint density at radius 3 is 2.71 bits per heavy atom. The summed E-state index contributed by atoms with van der Waals surface area (Å²) >= 11 is 3.41. The average molecular weight is 298 g/mol. The maximum atomic E-state index is 11.3. The summed E-state index contributed by atoms with van der Waals surface area (Å²) in [6.45, 7) is 1.82. The molecule has 0 bridgehead atoms. The third-order valence-electron chi connectivity index (χ3n) is 3.18. The van der Waals surface area contributed by atoms with E-state index in [1.165, 1.54) is 0 Å². The number of nitrogens with zero attached hydrogens (tertiary/aromatic N) is 1. The molecule has 92 valence electrons. The lowest BCUT2D eigenvalue weighted by Gasteiger charge is -2.23. The van der Waals surface area contributed by atoms with Crippen LogP contribution in [0.2, 0.25) is 0 Å². The minimum absolute atomic E-state index is 0.383. The van der Waals surface area contributed by atoms with Crippen molar-refractivity contribution < 1.29 is 9.90 Å². The molecule has 1 aliphatic rings. The Balaban J connectivity index is 2.09. The molecule has 17 heavy (non-hydrogen) atoms. The second-order valence-corrected chi connectivity index (χ2v) is 5.35. The molecule has 0 unspecified atom stereocenters. The van der Waals surface area contributed by atoms with Crippen molar-refractivity contribution in [2.75, 3.05) is 13.1 Å². The van der Waals surface area contributed by atoms with Gasteiger partial charge in [-0.2, -0.15) is 0 Å². The predicted octanol–water partition coefficient (Wildman–Crippen LogP) is 2.54. The Hall–Kier alpha value is -0.870. The number of rotatable bonds is 4. The van der Waals surface area contributed by atoms with Crippen molar-refractivity contribution in [3.63, 3.8) is 0 Å². The van der Waals surface area contributed by atoms with Gasteiger partial charge in [0.2, 0.25) is 0 Å². The van der Waals surface area contributed by atoms with E-state index in [1.807, 2.05) is 24.3 Å². The zero-order chi connectivity index (χ0) is 12.3. The molecule has 0 radical (unpaired) electrons. The SMILES string of the molecule is O=C(O)[C@H](Cc1cccc(Br)c1)N1CCCC1. The highest BCUT2D eigenvalue weighted by molar-refractivity contribution is 9.10. The maximum absolute atomic E-state index is 11.3. The van der Waals surface area contributed by atoms with E-state index in [-0.39, 0.29) is 6.04 Å². The summed E-state index contributed by atoms with van der Waals surface area (Å²) in [5.41, 5.74) is 1.07. The van der Waals surface area contributed by atoms with Gasteiger partial charge in [-0.25, -0.2) is 0 Å². The molecular formula is C13H16BrNO2. The van der Waals surface area contributed by atoms with Crippen LogP contribution in [0.1, 0.15) is 18.4 Å². The first-order valence-electron chi connectivity index (χ1n) is 5.88. The number of carboxylic acid groups (broad SMARTS) is 1. The zero-order valence-electron chi connectivity index (χ0n) is 9.60. The van der Waals surface area contributed by atoms with Crippen molar-refractivity contribution in [2.24, 2.45) is 0 Å². The minimum Gasteiger partial charge on any atom is -0.480 e. The predicted molar refractivity (Wildman–Crippen MR) is 70.1 cm³/mol. The number of aliphatic carboxylic acids is 1. The van der Waals surface area contributed by atoms with Gasteiger partial charge < -0.3 is 5.11 Å². The van der Waals surface area contributed by atoms with Gasteiger partial charge in [0.1, 0.15) is 6.04 Å². The van der Waals surface area contributed by atoms with Crippen LogP contribution in [-0.4, -0.2) is 35.1 Å². The molecule has 1 N–H and O–H groups in total. The third-order valence-corrected chi connectivity index (χ3v) is 3.68. The van der Waals surface area contributed by atoms with Crippen LogP contribution in [0.25, 0.3) is 0 Å². The van der Waals surface area contributed by atoms with Crippen LogP contribution in [0, 0.1) is 0 Å². The van der Waals surface area contributed by atoms with Gasteiger partial charge in [0, 0.05) is 4.47 Å². The number of carbonyl (C=O) groups is 1. The Labute approximate surface area is 110 Å². The number of halogens is 1. The van der Waals surface area contributed by atoms with Crippen LogP contribution in [0.15, 0.2) is 28.7 Å². The normalized spacial score (nSPS) is 18.2. The number of carboxylic acids is 1. The maximum Gasteiger partial charge on any atom is 0.321 e. The average Bonchev–Trinajstić information content (AvgIpc) is 2.78. The van der Waals surface area contributed by atoms with E-state index < -0.39 is 5.97 Å². The van der Waals surface area contributed by atoms with Gasteiger partial charge in [-0.3, -0.25) is 9.69 Å². The van der Waals surface area contributed by atoms with Gasteiger partial charge >= 0.3 is 5.97 Å². The largest absolute Gasteiger partial charge is 0.480 e. The van der Waals surface area contributed by atoms with Crippen LogP contribution < -0.4 is 0 Å². The zero-order valence-corrected chi connectivity index (χ0v) is 11.2. The molecule has 0 aromatic heterocycles. The molecular weight excluding hydrogens is 282 g/mol. The number of likely N-dealkylation sites (tertiary alicyclic amines) is 1. The van der Waals surface area contributed by atoms with Gasteiger partial charge in [0.05, 0.1) is 0 Å². The first kappa shape index (κ1) is 12.6. The van der Waals surface area contributed by atoms with Crippen LogP contribution >= 0.6 is 15.9 Å². The summed E-state index contributed by atoms with van der Waals surface area (Å²) in [6.07, 6.45) is 2.80. The van der Waals surface area contributed by atoms with E-state index >= 15 is 0 Å². The van der Waals surface area contributed by atoms with Crippen LogP contribution in [0.4, 0.5) is 0 Å². The minimum atomic E-state index is -0.716. The fraction of sp³-hybridized carbons (Fsp3) is 0.462. The highest BCUT2D eigenvalue weighted by atomic mass is 79.9. The highest BCUT2D eigenvalue weighted by Gasteiger charge is 2.27. The molecule has 1 atom stereocenters. The van der Waals surface area contributed by atoms with E-state index in [0.717, 1.165) is 36.0 Å². The lowest BCUT2D eigenvalue weighted by Crippen LogP contribution is -2.40. The first-order chi connectivity index (χ1) is 8.16.